The largest absolute Gasteiger partial charge is 0.488 e. The summed E-state index contributed by atoms with van der Waals surface area (Å²) in [4.78, 5) is 11.6. The molecule has 0 saturated carbocycles. The zero-order chi connectivity index (χ0) is 21.5. The van der Waals surface area contributed by atoms with Crippen LogP contribution in [0.2, 0.25) is 5.02 Å². The van der Waals surface area contributed by atoms with Crippen LogP contribution in [0.25, 0.3) is 0 Å². The third kappa shape index (κ3) is 5.75. The minimum Gasteiger partial charge on any atom is -0.488 e. The quantitative estimate of drug-likeness (QED) is 0.575. The fraction of sp³-hybridized carbons (Fsp3) is 0.250. The fourth-order valence-corrected chi connectivity index (χ4v) is 3.45. The maximum Gasteiger partial charge on any atom is 0.230 e. The van der Waals surface area contributed by atoms with Gasteiger partial charge in [-0.2, -0.15) is 0 Å². The molecular formula is C24H25ClN4O2. The van der Waals surface area contributed by atoms with E-state index in [1.807, 2.05) is 60.7 Å². The van der Waals surface area contributed by atoms with E-state index < -0.39 is 0 Å². The van der Waals surface area contributed by atoms with Gasteiger partial charge in [0.1, 0.15) is 12.4 Å². The van der Waals surface area contributed by atoms with Gasteiger partial charge in [0.15, 0.2) is 11.5 Å². The predicted molar refractivity (Wildman–Crippen MR) is 125 cm³/mol. The van der Waals surface area contributed by atoms with Gasteiger partial charge in [0.25, 0.3) is 0 Å². The van der Waals surface area contributed by atoms with Crippen LogP contribution < -0.4 is 14.8 Å². The van der Waals surface area contributed by atoms with Crippen LogP contribution in [0.1, 0.15) is 12.0 Å². The summed E-state index contributed by atoms with van der Waals surface area (Å²) in [5.41, 5.74) is 1.62. The fourth-order valence-electron chi connectivity index (χ4n) is 3.26. The summed E-state index contributed by atoms with van der Waals surface area (Å²) in [5.74, 6) is 2.44. The van der Waals surface area contributed by atoms with Crippen LogP contribution in [0, 0.1) is 0 Å². The van der Waals surface area contributed by atoms with Gasteiger partial charge in [0.2, 0.25) is 5.88 Å². The summed E-state index contributed by atoms with van der Waals surface area (Å²) >= 11 is 6.18. The molecule has 2 aromatic carbocycles. The Morgan fingerprint density at radius 1 is 1.00 bits per heavy atom. The number of halogens is 1. The average Bonchev–Trinajstić information content (AvgIpc) is 2.77. The van der Waals surface area contributed by atoms with E-state index in [1.54, 1.807) is 6.20 Å². The second-order valence-corrected chi connectivity index (χ2v) is 7.71. The Labute approximate surface area is 187 Å². The smallest absolute Gasteiger partial charge is 0.230 e. The molecule has 2 heterocycles. The molecule has 0 unspecified atom stereocenters. The van der Waals surface area contributed by atoms with Crippen LogP contribution >= 0.6 is 11.6 Å². The number of rotatable bonds is 1. The molecule has 0 saturated heterocycles. The molecule has 4 rings (SSSR count). The molecule has 1 N–H and O–H groups in total. The molecule has 0 fully saturated rings. The number of para-hydroxylation sites is 2. The van der Waals surface area contributed by atoms with E-state index in [4.69, 9.17) is 26.1 Å². The molecule has 0 spiro atoms. The molecule has 1 aliphatic rings. The summed E-state index contributed by atoms with van der Waals surface area (Å²) in [6.45, 7) is 2.99. The predicted octanol–water partition coefficient (Wildman–Crippen LogP) is 5.10. The number of hydrogen-bond acceptors (Lipinski definition) is 6. The van der Waals surface area contributed by atoms with E-state index in [1.165, 1.54) is 0 Å². The summed E-state index contributed by atoms with van der Waals surface area (Å²) in [6, 6.07) is 19.0. The van der Waals surface area contributed by atoms with Crippen molar-refractivity contribution in [2.45, 2.75) is 6.42 Å². The van der Waals surface area contributed by atoms with E-state index in [0.29, 0.717) is 41.4 Å². The van der Waals surface area contributed by atoms with Crippen LogP contribution in [0.4, 0.5) is 5.69 Å². The van der Waals surface area contributed by atoms with Crippen LogP contribution in [-0.4, -0.2) is 49.0 Å². The van der Waals surface area contributed by atoms with Gasteiger partial charge in [0.05, 0.1) is 5.56 Å². The van der Waals surface area contributed by atoms with Crippen LogP contribution in [0.3, 0.4) is 0 Å². The number of nitrogens with zero attached hydrogens (tertiary/aromatic N) is 3. The Morgan fingerprint density at radius 2 is 1.87 bits per heavy atom. The number of amidine groups is 1. The minimum absolute atomic E-state index is 0.459. The number of fused-ring (bicyclic) bond motifs is 2. The van der Waals surface area contributed by atoms with Crippen molar-refractivity contribution in [1.82, 2.24) is 9.88 Å². The second-order valence-electron chi connectivity index (χ2n) is 7.28. The van der Waals surface area contributed by atoms with Crippen molar-refractivity contribution in [1.29, 1.82) is 0 Å². The van der Waals surface area contributed by atoms with Gasteiger partial charge in [-0.25, -0.2) is 4.98 Å². The highest BCUT2D eigenvalue weighted by Gasteiger charge is 2.16. The average molecular weight is 437 g/mol. The third-order valence-corrected chi connectivity index (χ3v) is 5.10. The van der Waals surface area contributed by atoms with Crippen molar-refractivity contribution in [2.75, 3.05) is 38.6 Å². The van der Waals surface area contributed by atoms with E-state index in [9.17, 15) is 0 Å². The molecule has 6 nitrogen and oxygen atoms in total. The standard InChI is InChI=1S/C24H25ClN4O2/c1-29-14-6-13-26-23(28-19-8-4-7-18(25)17-19)20-9-5-12-27-24(20)31-22-11-3-2-10-21(22)30-16-15-29/h2-5,7-12,17H,6,13-16H2,1H3,(H,26,28). The first-order chi connectivity index (χ1) is 15.2. The van der Waals surface area contributed by atoms with E-state index >= 15 is 0 Å². The maximum atomic E-state index is 6.21. The van der Waals surface area contributed by atoms with Crippen LogP contribution in [0.5, 0.6) is 17.4 Å². The molecule has 160 valence electrons. The third-order valence-electron chi connectivity index (χ3n) is 4.87. The maximum absolute atomic E-state index is 6.21. The molecule has 0 amide bonds. The minimum atomic E-state index is 0.459. The number of anilines is 1. The molecule has 0 atom stereocenters. The highest BCUT2D eigenvalue weighted by atomic mass is 35.5. The van der Waals surface area contributed by atoms with Crippen molar-refractivity contribution < 1.29 is 9.47 Å². The summed E-state index contributed by atoms with van der Waals surface area (Å²) in [6.07, 6.45) is 2.63. The number of benzene rings is 2. The summed E-state index contributed by atoms with van der Waals surface area (Å²) in [7, 11) is 2.09. The molecule has 0 bridgehead atoms. The number of hydrogen-bond donors (Lipinski definition) is 1. The molecule has 1 aromatic heterocycles. The zero-order valence-corrected chi connectivity index (χ0v) is 18.2. The molecule has 31 heavy (non-hydrogen) atoms. The van der Waals surface area contributed by atoms with Crippen molar-refractivity contribution >= 4 is 23.1 Å². The number of ether oxygens (including phenoxy) is 2. The van der Waals surface area contributed by atoms with Crippen molar-refractivity contribution in [3.05, 3.63) is 77.4 Å². The lowest BCUT2D eigenvalue weighted by Crippen LogP contribution is -2.26. The van der Waals surface area contributed by atoms with Gasteiger partial charge in [-0.05, 0) is 62.5 Å². The number of likely N-dealkylation sites (N-methyl/N-ethyl adjacent to an activating group) is 1. The van der Waals surface area contributed by atoms with E-state index in [0.717, 1.165) is 30.8 Å². The SMILES string of the molecule is CN1CCCN=C(Nc2cccc(Cl)c2)c2cccnc2Oc2ccccc2OCC1. The number of nitrogens with one attached hydrogen (secondary N) is 1. The highest BCUT2D eigenvalue weighted by molar-refractivity contribution is 6.31. The molecule has 7 heteroatoms. The summed E-state index contributed by atoms with van der Waals surface area (Å²) < 4.78 is 12.2. The normalized spacial score (nSPS) is 15.4. The Bertz CT molecular complexity index is 1060. The molecule has 1 aliphatic heterocycles. The van der Waals surface area contributed by atoms with Gasteiger partial charge < -0.3 is 19.7 Å². The Morgan fingerprint density at radius 3 is 2.74 bits per heavy atom. The lowest BCUT2D eigenvalue weighted by atomic mass is 10.2. The highest BCUT2D eigenvalue weighted by Crippen LogP contribution is 2.32. The number of aliphatic imine (C=N–C) groups is 1. The Balaban J connectivity index is 1.73. The van der Waals surface area contributed by atoms with Crippen LogP contribution in [0.15, 0.2) is 71.9 Å². The molecule has 0 aliphatic carbocycles. The van der Waals surface area contributed by atoms with Crippen LogP contribution in [-0.2, 0) is 0 Å². The van der Waals surface area contributed by atoms with Gasteiger partial charge in [-0.3, -0.25) is 4.99 Å². The topological polar surface area (TPSA) is 59.0 Å². The number of aromatic nitrogens is 1. The van der Waals surface area contributed by atoms with Crippen molar-refractivity contribution in [2.24, 2.45) is 4.99 Å². The lowest BCUT2D eigenvalue weighted by Gasteiger charge is -2.19. The van der Waals surface area contributed by atoms with Crippen molar-refractivity contribution in [3.63, 3.8) is 0 Å². The first kappa shape index (κ1) is 21.2. The first-order valence-corrected chi connectivity index (χ1v) is 10.7. The molecular weight excluding hydrogens is 412 g/mol. The summed E-state index contributed by atoms with van der Waals surface area (Å²) in [5, 5.41) is 4.05. The van der Waals surface area contributed by atoms with E-state index in [-0.39, 0.29) is 0 Å². The van der Waals surface area contributed by atoms with Gasteiger partial charge in [-0.15, -0.1) is 0 Å². The number of pyridine rings is 1. The first-order valence-electron chi connectivity index (χ1n) is 10.3. The monoisotopic (exact) mass is 436 g/mol. The van der Waals surface area contributed by atoms with E-state index in [2.05, 4.69) is 22.2 Å². The molecule has 3 aromatic rings. The van der Waals surface area contributed by atoms with Gasteiger partial charge >= 0.3 is 0 Å². The Hall–Kier alpha value is -3.09. The van der Waals surface area contributed by atoms with Crippen molar-refractivity contribution in [3.8, 4) is 17.4 Å². The van der Waals surface area contributed by atoms with Gasteiger partial charge in [-0.1, -0.05) is 29.8 Å². The zero-order valence-electron chi connectivity index (χ0n) is 17.4. The Kier molecular flexibility index (Phi) is 7.02. The van der Waals surface area contributed by atoms with Gasteiger partial charge in [0, 0.05) is 30.0 Å². The molecule has 0 radical (unpaired) electrons. The lowest BCUT2D eigenvalue weighted by molar-refractivity contribution is 0.231. The second kappa shape index (κ2) is 10.3.